The number of benzene rings is 2. The van der Waals surface area contributed by atoms with Crippen molar-refractivity contribution < 1.29 is 24.2 Å². The largest absolute Gasteiger partial charge is 0.497 e. The molecule has 2 N–H and O–H groups in total. The van der Waals surface area contributed by atoms with Gasteiger partial charge in [-0.15, -0.1) is 0 Å². The predicted octanol–water partition coefficient (Wildman–Crippen LogP) is 2.83. The van der Waals surface area contributed by atoms with Gasteiger partial charge in [0.2, 0.25) is 0 Å². The number of carboxylic acids is 1. The highest BCUT2D eigenvalue weighted by molar-refractivity contribution is 6.53. The third kappa shape index (κ3) is 3.12. The van der Waals surface area contributed by atoms with Crippen LogP contribution >= 0.6 is 11.6 Å². The number of ether oxygens (including phenoxy) is 1. The van der Waals surface area contributed by atoms with E-state index in [0.29, 0.717) is 17.1 Å². The Morgan fingerprint density at radius 1 is 1.12 bits per heavy atom. The molecule has 1 aliphatic rings. The molecule has 1 heterocycles. The summed E-state index contributed by atoms with van der Waals surface area (Å²) in [7, 11) is 1.47. The minimum atomic E-state index is -1.11. The number of hydrogen-bond acceptors (Lipinski definition) is 5. The Bertz CT molecular complexity index is 954. The van der Waals surface area contributed by atoms with Gasteiger partial charge < -0.3 is 15.2 Å². The van der Waals surface area contributed by atoms with Crippen molar-refractivity contribution in [1.82, 2.24) is 0 Å². The molecular weight excluding hydrogens is 360 g/mol. The van der Waals surface area contributed by atoms with Gasteiger partial charge >= 0.3 is 5.97 Å². The summed E-state index contributed by atoms with van der Waals surface area (Å²) in [5, 5.41) is 11.5. The van der Waals surface area contributed by atoms with Crippen molar-refractivity contribution >= 4 is 40.8 Å². The van der Waals surface area contributed by atoms with E-state index in [-0.39, 0.29) is 16.3 Å². The van der Waals surface area contributed by atoms with E-state index < -0.39 is 17.8 Å². The molecule has 8 heteroatoms. The average molecular weight is 373 g/mol. The number of imide groups is 1. The number of rotatable bonds is 5. The van der Waals surface area contributed by atoms with Crippen molar-refractivity contribution in [2.45, 2.75) is 0 Å². The van der Waals surface area contributed by atoms with Crippen LogP contribution in [0.1, 0.15) is 10.4 Å². The van der Waals surface area contributed by atoms with Gasteiger partial charge in [-0.3, -0.25) is 9.59 Å². The Hall–Kier alpha value is -3.32. The topological polar surface area (TPSA) is 95.9 Å². The van der Waals surface area contributed by atoms with Crippen molar-refractivity contribution in [2.75, 3.05) is 17.3 Å². The van der Waals surface area contributed by atoms with Crippen LogP contribution in [0.5, 0.6) is 5.75 Å². The molecule has 0 saturated heterocycles. The summed E-state index contributed by atoms with van der Waals surface area (Å²) >= 11 is 6.05. The van der Waals surface area contributed by atoms with Crippen molar-refractivity contribution in [3.8, 4) is 5.75 Å². The number of methoxy groups -OCH3 is 1. The fourth-order valence-electron chi connectivity index (χ4n) is 2.47. The second kappa shape index (κ2) is 6.89. The highest BCUT2D eigenvalue weighted by Crippen LogP contribution is 2.31. The maximum absolute atomic E-state index is 12.7. The smallest absolute Gasteiger partial charge is 0.335 e. The summed E-state index contributed by atoms with van der Waals surface area (Å²) in [6.45, 7) is 0. The van der Waals surface area contributed by atoms with Crippen LogP contribution in [0.15, 0.2) is 59.3 Å². The maximum Gasteiger partial charge on any atom is 0.335 e. The zero-order chi connectivity index (χ0) is 18.8. The molecule has 0 aliphatic carbocycles. The molecule has 3 rings (SSSR count). The van der Waals surface area contributed by atoms with Crippen LogP contribution in [0.25, 0.3) is 0 Å². The first-order chi connectivity index (χ1) is 12.4. The molecule has 2 amide bonds. The molecule has 0 unspecified atom stereocenters. The lowest BCUT2D eigenvalue weighted by Crippen LogP contribution is -2.32. The lowest BCUT2D eigenvalue weighted by Gasteiger charge is -2.16. The number of amides is 2. The number of carboxylic acid groups (broad SMARTS) is 1. The minimum absolute atomic E-state index is 0.0353. The summed E-state index contributed by atoms with van der Waals surface area (Å²) in [5.74, 6) is -1.95. The van der Waals surface area contributed by atoms with E-state index in [9.17, 15) is 14.4 Å². The third-order valence-corrected chi connectivity index (χ3v) is 4.07. The van der Waals surface area contributed by atoms with E-state index in [2.05, 4.69) is 5.32 Å². The maximum atomic E-state index is 12.7. The summed E-state index contributed by atoms with van der Waals surface area (Å²) < 4.78 is 5.10. The van der Waals surface area contributed by atoms with Crippen molar-refractivity contribution in [3.05, 3.63) is 64.8 Å². The Morgan fingerprint density at radius 2 is 1.85 bits per heavy atom. The molecule has 0 aromatic heterocycles. The van der Waals surface area contributed by atoms with Gasteiger partial charge in [0.25, 0.3) is 11.8 Å². The second-order valence-electron chi connectivity index (χ2n) is 5.35. The molecule has 26 heavy (non-hydrogen) atoms. The number of halogens is 1. The van der Waals surface area contributed by atoms with Crippen molar-refractivity contribution in [2.24, 2.45) is 0 Å². The number of carbonyl (C=O) groups excluding carboxylic acids is 2. The van der Waals surface area contributed by atoms with E-state index in [4.69, 9.17) is 21.4 Å². The first-order valence-electron chi connectivity index (χ1n) is 7.45. The van der Waals surface area contributed by atoms with E-state index in [1.807, 2.05) is 0 Å². The fourth-order valence-corrected chi connectivity index (χ4v) is 2.68. The van der Waals surface area contributed by atoms with Crippen LogP contribution < -0.4 is 15.0 Å². The monoisotopic (exact) mass is 372 g/mol. The highest BCUT2D eigenvalue weighted by Gasteiger charge is 2.39. The van der Waals surface area contributed by atoms with Crippen molar-refractivity contribution in [3.63, 3.8) is 0 Å². The molecule has 2 aromatic rings. The highest BCUT2D eigenvalue weighted by atomic mass is 35.5. The Kier molecular flexibility index (Phi) is 4.64. The summed E-state index contributed by atoms with van der Waals surface area (Å²) in [6.07, 6.45) is 0. The van der Waals surface area contributed by atoms with Crippen LogP contribution in [0, 0.1) is 0 Å². The van der Waals surface area contributed by atoms with E-state index in [1.165, 1.54) is 31.4 Å². The SMILES string of the molecule is COc1cccc(N2C(=O)C(Cl)=C(Nc3cccc(C(=O)O)c3)C2=O)c1. The fraction of sp³-hybridized carbons (Fsp3) is 0.0556. The summed E-state index contributed by atoms with van der Waals surface area (Å²) in [4.78, 5) is 37.1. The van der Waals surface area contributed by atoms with Crippen LogP contribution in [-0.4, -0.2) is 30.0 Å². The van der Waals surface area contributed by atoms with E-state index >= 15 is 0 Å². The number of aromatic carboxylic acids is 1. The van der Waals surface area contributed by atoms with Crippen LogP contribution in [0.4, 0.5) is 11.4 Å². The minimum Gasteiger partial charge on any atom is -0.497 e. The molecule has 0 fully saturated rings. The summed E-state index contributed by atoms with van der Waals surface area (Å²) in [5.41, 5.74) is 0.551. The first-order valence-corrected chi connectivity index (χ1v) is 7.83. The van der Waals surface area contributed by atoms with Crippen molar-refractivity contribution in [1.29, 1.82) is 0 Å². The number of carbonyl (C=O) groups is 3. The zero-order valence-corrected chi connectivity index (χ0v) is 14.3. The molecule has 0 radical (unpaired) electrons. The average Bonchev–Trinajstić information content (AvgIpc) is 2.85. The molecule has 0 saturated carbocycles. The predicted molar refractivity (Wildman–Crippen MR) is 95.4 cm³/mol. The third-order valence-electron chi connectivity index (χ3n) is 3.72. The Labute approximate surface area is 153 Å². The number of nitrogens with one attached hydrogen (secondary N) is 1. The standard InChI is InChI=1S/C18H13ClN2O5/c1-26-13-7-3-6-12(9-13)21-16(22)14(19)15(17(21)23)20-11-5-2-4-10(8-11)18(24)25/h2-9,20H,1H3,(H,24,25). The summed E-state index contributed by atoms with van der Waals surface area (Å²) in [6, 6.07) is 12.3. The molecular formula is C18H13ClN2O5. The van der Waals surface area contributed by atoms with Gasteiger partial charge in [0.05, 0.1) is 18.4 Å². The molecule has 0 spiro atoms. The van der Waals surface area contributed by atoms with E-state index in [1.54, 1.807) is 24.3 Å². The normalized spacial score (nSPS) is 14.0. The number of nitrogens with zero attached hydrogens (tertiary/aromatic N) is 1. The van der Waals surface area contributed by atoms with Gasteiger partial charge in [-0.25, -0.2) is 9.69 Å². The quantitative estimate of drug-likeness (QED) is 0.783. The Balaban J connectivity index is 1.91. The van der Waals surface area contributed by atoms with Gasteiger partial charge in [-0.1, -0.05) is 23.7 Å². The molecule has 132 valence electrons. The molecule has 1 aliphatic heterocycles. The van der Waals surface area contributed by atoms with Gasteiger partial charge in [0.15, 0.2) is 0 Å². The number of hydrogen-bond donors (Lipinski definition) is 2. The van der Waals surface area contributed by atoms with Crippen LogP contribution in [0.2, 0.25) is 0 Å². The first kappa shape index (κ1) is 17.5. The second-order valence-corrected chi connectivity index (χ2v) is 5.73. The van der Waals surface area contributed by atoms with Gasteiger partial charge in [-0.2, -0.15) is 0 Å². The van der Waals surface area contributed by atoms with Crippen LogP contribution in [-0.2, 0) is 9.59 Å². The van der Waals surface area contributed by atoms with Crippen LogP contribution in [0.3, 0.4) is 0 Å². The molecule has 0 atom stereocenters. The van der Waals surface area contributed by atoms with Gasteiger partial charge in [0.1, 0.15) is 16.5 Å². The molecule has 2 aromatic carbocycles. The van der Waals surface area contributed by atoms with E-state index in [0.717, 1.165) is 4.90 Å². The zero-order valence-electron chi connectivity index (χ0n) is 13.5. The lowest BCUT2D eigenvalue weighted by molar-refractivity contribution is -0.120. The molecule has 7 nitrogen and oxygen atoms in total. The van der Waals surface area contributed by atoms with Gasteiger partial charge in [0, 0.05) is 11.8 Å². The van der Waals surface area contributed by atoms with Gasteiger partial charge in [-0.05, 0) is 30.3 Å². The lowest BCUT2D eigenvalue weighted by atomic mass is 10.2. The Morgan fingerprint density at radius 3 is 2.54 bits per heavy atom. The number of anilines is 2. The molecule has 0 bridgehead atoms.